The van der Waals surface area contributed by atoms with E-state index in [1.54, 1.807) is 55.6 Å². The topological polar surface area (TPSA) is 136 Å². The zero-order valence-corrected chi connectivity index (χ0v) is 33.7. The number of esters is 1. The summed E-state index contributed by atoms with van der Waals surface area (Å²) >= 11 is 0. The van der Waals surface area contributed by atoms with Gasteiger partial charge in [0.1, 0.15) is 18.8 Å². The number of ether oxygens (including phenoxy) is 4. The first-order valence-electron chi connectivity index (χ1n) is 21.2. The van der Waals surface area contributed by atoms with Crippen molar-refractivity contribution in [2.24, 2.45) is 17.8 Å². The first kappa shape index (κ1) is 39.2. The van der Waals surface area contributed by atoms with Gasteiger partial charge >= 0.3 is 12.1 Å². The van der Waals surface area contributed by atoms with Crippen molar-refractivity contribution in [1.82, 2.24) is 4.90 Å². The number of carbonyl (C=O) groups is 3. The van der Waals surface area contributed by atoms with Gasteiger partial charge in [-0.1, -0.05) is 56.2 Å². The summed E-state index contributed by atoms with van der Waals surface area (Å²) in [6.07, 6.45) is 6.35. The van der Waals surface area contributed by atoms with Crippen LogP contribution in [0.25, 0.3) is 0 Å². The average Bonchev–Trinajstić information content (AvgIpc) is 4.01. The fourth-order valence-electron chi connectivity index (χ4n) is 10.5. The van der Waals surface area contributed by atoms with E-state index in [9.17, 15) is 19.5 Å². The van der Waals surface area contributed by atoms with Crippen LogP contribution < -0.4 is 20.1 Å². The summed E-state index contributed by atoms with van der Waals surface area (Å²) in [5.41, 5.74) is 4.77. The Labute approximate surface area is 345 Å². The number of nitrogens with zero attached hydrogens (tertiary/aromatic N) is 1. The highest BCUT2D eigenvalue weighted by Gasteiger charge is 2.68. The summed E-state index contributed by atoms with van der Waals surface area (Å²) < 4.78 is 24.7. The minimum absolute atomic E-state index is 0.0479. The number of carbonyl (C=O) groups excluding carboxylic acids is 3. The molecule has 9 rings (SSSR count). The molecule has 4 aromatic rings. The molecule has 2 saturated carbocycles. The molecule has 1 saturated heterocycles. The van der Waals surface area contributed by atoms with Crippen molar-refractivity contribution in [3.05, 3.63) is 119 Å². The minimum atomic E-state index is -0.669. The molecule has 308 valence electrons. The molecule has 11 nitrogen and oxygen atoms in total. The second-order valence-electron chi connectivity index (χ2n) is 17.1. The second kappa shape index (κ2) is 16.4. The molecule has 7 atom stereocenters. The van der Waals surface area contributed by atoms with Crippen molar-refractivity contribution in [3.8, 4) is 11.5 Å². The van der Waals surface area contributed by atoms with E-state index in [1.807, 2.05) is 36.4 Å². The number of likely N-dealkylation sites (tertiary alicyclic amines) is 1. The highest BCUT2D eigenvalue weighted by Crippen LogP contribution is 2.65. The van der Waals surface area contributed by atoms with Gasteiger partial charge in [0.15, 0.2) is 11.5 Å². The van der Waals surface area contributed by atoms with Crippen molar-refractivity contribution in [1.29, 1.82) is 0 Å². The Hall–Kier alpha value is -5.23. The summed E-state index contributed by atoms with van der Waals surface area (Å²) in [6, 6.07) is 26.8. The fraction of sp³-hybridized carbons (Fsp3) is 0.438. The molecule has 59 heavy (non-hydrogen) atoms. The third kappa shape index (κ3) is 7.60. The summed E-state index contributed by atoms with van der Waals surface area (Å²) in [7, 11) is 1.74. The van der Waals surface area contributed by atoms with Gasteiger partial charge in [0.05, 0.1) is 11.7 Å². The van der Waals surface area contributed by atoms with E-state index in [4.69, 9.17) is 18.9 Å². The van der Waals surface area contributed by atoms with Crippen molar-refractivity contribution >= 4 is 29.3 Å². The number of piperidine rings is 1. The SMILES string of the molecule is CCCC[C@@H](O)[C@@H]1CC2[C@@H]3Cc4ccc(OC(=O)Nc5ccc(C(=O)Nc6ccc(C(=O)OCc7ccccc7)cc6)cc5)c5c4[C@]2(CCN3CC2CC2)[C@H](O5)[C@@H]1OC. The number of anilines is 2. The molecular weight excluding hydrogens is 747 g/mol. The van der Waals surface area contributed by atoms with Gasteiger partial charge < -0.3 is 29.4 Å². The number of methoxy groups -OCH3 is 1. The Morgan fingerprint density at radius 1 is 0.932 bits per heavy atom. The van der Waals surface area contributed by atoms with Crippen molar-refractivity contribution in [2.75, 3.05) is 30.8 Å². The summed E-state index contributed by atoms with van der Waals surface area (Å²) in [5, 5.41) is 17.2. The van der Waals surface area contributed by atoms with E-state index in [1.165, 1.54) is 18.4 Å². The number of nitrogens with one attached hydrogen (secondary N) is 2. The van der Waals surface area contributed by atoms with Gasteiger partial charge in [-0.3, -0.25) is 15.0 Å². The quantitative estimate of drug-likeness (QED) is 0.108. The van der Waals surface area contributed by atoms with Crippen molar-refractivity contribution < 1.29 is 38.4 Å². The van der Waals surface area contributed by atoms with Crippen molar-refractivity contribution in [3.63, 3.8) is 0 Å². The van der Waals surface area contributed by atoms with Gasteiger partial charge in [0.25, 0.3) is 5.91 Å². The molecule has 5 aliphatic rings. The van der Waals surface area contributed by atoms with Gasteiger partial charge in [-0.25, -0.2) is 9.59 Å². The summed E-state index contributed by atoms with van der Waals surface area (Å²) in [4.78, 5) is 41.8. The van der Waals surface area contributed by atoms with Crippen LogP contribution in [0.3, 0.4) is 0 Å². The number of hydrogen-bond donors (Lipinski definition) is 3. The largest absolute Gasteiger partial charge is 0.483 e. The van der Waals surface area contributed by atoms with Crippen LogP contribution in [0.1, 0.15) is 89.3 Å². The molecule has 2 heterocycles. The normalized spacial score (nSPS) is 25.6. The van der Waals surface area contributed by atoms with Gasteiger partial charge in [-0.15, -0.1) is 0 Å². The number of unbranched alkanes of at least 4 members (excludes halogenated alkanes) is 1. The molecule has 3 N–H and O–H groups in total. The fourth-order valence-corrected chi connectivity index (χ4v) is 10.5. The van der Waals surface area contributed by atoms with E-state index in [2.05, 4.69) is 28.5 Å². The number of benzene rings is 4. The predicted molar refractivity (Wildman–Crippen MR) is 223 cm³/mol. The van der Waals surface area contributed by atoms with E-state index in [0.29, 0.717) is 46.0 Å². The number of rotatable bonds is 14. The zero-order chi connectivity index (χ0) is 40.7. The van der Waals surface area contributed by atoms with Crippen LogP contribution >= 0.6 is 0 Å². The standard InChI is InChI=1S/C48H53N3O8/c1-3-4-10-39(52)36-26-37-38-25-33-17-22-40(43-41(33)48(37,44(59-43)42(36)56-2)23-24-51(38)27-29-11-12-29)58-47(55)50-35-18-13-31(14-19-35)45(53)49-34-20-15-32(16-21-34)46(54)57-28-30-8-6-5-7-9-30/h5-9,13-22,29,36-39,42,44,52H,3-4,10-12,23-28H2,1-2H3,(H,49,53)(H,50,55)/t36-,37?,38-,39+,42+,44+,48+/m0/s1. The van der Waals surface area contributed by atoms with E-state index >= 15 is 0 Å². The lowest BCUT2D eigenvalue weighted by Crippen LogP contribution is -2.69. The number of hydrogen-bond acceptors (Lipinski definition) is 9. The van der Waals surface area contributed by atoms with Gasteiger partial charge in [0, 0.05) is 53.5 Å². The third-order valence-corrected chi connectivity index (χ3v) is 13.5. The molecule has 3 fully saturated rings. The lowest BCUT2D eigenvalue weighted by Gasteiger charge is -2.61. The van der Waals surface area contributed by atoms with Crippen LogP contribution in [0.5, 0.6) is 11.5 Å². The van der Waals surface area contributed by atoms with Crippen LogP contribution in [-0.2, 0) is 27.9 Å². The first-order valence-corrected chi connectivity index (χ1v) is 21.2. The molecule has 2 amide bonds. The van der Waals surface area contributed by atoms with Gasteiger partial charge in [0.2, 0.25) is 0 Å². The molecule has 3 aliphatic carbocycles. The first-order chi connectivity index (χ1) is 28.7. The maximum Gasteiger partial charge on any atom is 0.417 e. The van der Waals surface area contributed by atoms with Crippen LogP contribution in [-0.4, -0.2) is 72.5 Å². The lowest BCUT2D eigenvalue weighted by atomic mass is 9.49. The Morgan fingerprint density at radius 3 is 2.37 bits per heavy atom. The monoisotopic (exact) mass is 799 g/mol. The van der Waals surface area contributed by atoms with E-state index in [0.717, 1.165) is 68.7 Å². The molecule has 1 unspecified atom stereocenters. The summed E-state index contributed by atoms with van der Waals surface area (Å²) in [6.45, 7) is 4.46. The highest BCUT2D eigenvalue weighted by molar-refractivity contribution is 6.05. The Balaban J connectivity index is 0.868. The summed E-state index contributed by atoms with van der Waals surface area (Å²) in [5.74, 6) is 1.23. The number of amides is 2. The predicted octanol–water partition coefficient (Wildman–Crippen LogP) is 8.15. The maximum absolute atomic E-state index is 13.5. The molecule has 0 aromatic heterocycles. The lowest BCUT2D eigenvalue weighted by molar-refractivity contribution is -0.162. The smallest absolute Gasteiger partial charge is 0.417 e. The Kier molecular flexibility index (Phi) is 10.9. The second-order valence-corrected chi connectivity index (χ2v) is 17.1. The molecule has 11 heteroatoms. The molecular formula is C48H53N3O8. The molecule has 0 radical (unpaired) electrons. The highest BCUT2D eigenvalue weighted by atomic mass is 16.6. The van der Waals surface area contributed by atoms with Crippen molar-refractivity contribution in [2.45, 2.75) is 94.7 Å². The average molecular weight is 800 g/mol. The molecule has 4 aromatic carbocycles. The Bertz CT molecular complexity index is 2170. The molecule has 2 aliphatic heterocycles. The molecule has 1 spiro atoms. The number of aliphatic hydroxyl groups excluding tert-OH is 1. The van der Waals surface area contributed by atoms with Gasteiger partial charge in [-0.05, 0) is 123 Å². The van der Waals surface area contributed by atoms with E-state index < -0.39 is 18.2 Å². The van der Waals surface area contributed by atoms with Crippen LogP contribution in [0.15, 0.2) is 91.0 Å². The third-order valence-electron chi connectivity index (χ3n) is 13.5. The maximum atomic E-state index is 13.5. The zero-order valence-electron chi connectivity index (χ0n) is 33.7. The van der Waals surface area contributed by atoms with Crippen LogP contribution in [0.4, 0.5) is 16.2 Å². The van der Waals surface area contributed by atoms with E-state index in [-0.39, 0.29) is 36.1 Å². The minimum Gasteiger partial charge on any atom is -0.483 e. The number of aliphatic hydroxyl groups is 1. The molecule has 2 bridgehead atoms. The Morgan fingerprint density at radius 2 is 1.66 bits per heavy atom. The van der Waals surface area contributed by atoms with Crippen LogP contribution in [0.2, 0.25) is 0 Å². The van der Waals surface area contributed by atoms with Crippen LogP contribution in [0, 0.1) is 17.8 Å². The van der Waals surface area contributed by atoms with Gasteiger partial charge in [-0.2, -0.15) is 0 Å².